The highest BCUT2D eigenvalue weighted by Crippen LogP contribution is 2.45. The van der Waals surface area contributed by atoms with Crippen molar-refractivity contribution in [1.29, 1.82) is 0 Å². The number of halogens is 1. The van der Waals surface area contributed by atoms with Gasteiger partial charge in [-0.1, -0.05) is 17.7 Å². The molecular weight excluding hydrogens is 444 g/mol. The number of nitrogens with one attached hydrogen (secondary N) is 1. The second-order valence-electron chi connectivity index (χ2n) is 7.45. The van der Waals surface area contributed by atoms with Gasteiger partial charge < -0.3 is 25.0 Å². The normalized spacial score (nSPS) is 18.0. The lowest BCUT2D eigenvalue weighted by Gasteiger charge is -2.29. The summed E-state index contributed by atoms with van der Waals surface area (Å²) in [6.07, 6.45) is 3.70. The monoisotopic (exact) mass is 462 g/mol. The summed E-state index contributed by atoms with van der Waals surface area (Å²) in [6.45, 7) is 0. The summed E-state index contributed by atoms with van der Waals surface area (Å²) in [4.78, 5) is 6.43. The number of phenols is 2. The summed E-state index contributed by atoms with van der Waals surface area (Å²) in [7, 11) is 0. The molecule has 6 nitrogen and oxygen atoms in total. The number of rotatable bonds is 4. The van der Waals surface area contributed by atoms with E-state index in [-0.39, 0.29) is 23.6 Å². The third-order valence-corrected chi connectivity index (χ3v) is 6.06. The van der Waals surface area contributed by atoms with E-state index in [4.69, 9.17) is 23.8 Å². The molecule has 1 fully saturated rings. The van der Waals surface area contributed by atoms with Crippen molar-refractivity contribution in [3.8, 4) is 17.2 Å². The lowest BCUT2D eigenvalue weighted by molar-refractivity contribution is 0.471. The van der Waals surface area contributed by atoms with Gasteiger partial charge in [0, 0.05) is 28.8 Å². The van der Waals surface area contributed by atoms with Gasteiger partial charge in [0.05, 0.1) is 17.4 Å². The zero-order valence-corrected chi connectivity index (χ0v) is 18.3. The number of pyridine rings is 1. The molecule has 3 heterocycles. The number of hydrogen-bond donors (Lipinski definition) is 3. The van der Waals surface area contributed by atoms with Gasteiger partial charge in [0.1, 0.15) is 17.5 Å². The molecular formula is C24H19ClN4O2S. The first-order valence-corrected chi connectivity index (χ1v) is 10.8. The van der Waals surface area contributed by atoms with E-state index >= 15 is 0 Å². The number of phenolic OH excluding ortho intramolecular Hbond substituents is 2. The predicted octanol–water partition coefficient (Wildman–Crippen LogP) is 5.11. The Morgan fingerprint density at radius 1 is 0.969 bits per heavy atom. The first kappa shape index (κ1) is 20.4. The molecule has 2 aromatic carbocycles. The van der Waals surface area contributed by atoms with Gasteiger partial charge in [-0.05, 0) is 78.9 Å². The van der Waals surface area contributed by atoms with Crippen LogP contribution in [0.4, 0.5) is 5.69 Å². The predicted molar refractivity (Wildman–Crippen MR) is 128 cm³/mol. The lowest BCUT2D eigenvalue weighted by atomic mass is 10.0. The molecule has 3 N–H and O–H groups in total. The Hall–Kier alpha value is -3.55. The van der Waals surface area contributed by atoms with Gasteiger partial charge in [-0.25, -0.2) is 0 Å². The highest BCUT2D eigenvalue weighted by molar-refractivity contribution is 7.80. The Morgan fingerprint density at radius 3 is 2.53 bits per heavy atom. The van der Waals surface area contributed by atoms with Gasteiger partial charge in [-0.3, -0.25) is 4.98 Å². The second-order valence-corrected chi connectivity index (χ2v) is 8.27. The Morgan fingerprint density at radius 2 is 1.78 bits per heavy atom. The second kappa shape index (κ2) is 8.18. The standard InChI is InChI=1S/C24H19ClN4O2S/c25-15-6-11-21(31)20(14-15)29-23(22(27-24(29)32)18-4-1-2-12-26-18)19-5-3-13-28(19)16-7-9-17(30)10-8-16/h1-14,22-23,30-31H,(H,27,32)/t22-,23+/m0/s1. The van der Waals surface area contributed by atoms with Gasteiger partial charge >= 0.3 is 0 Å². The van der Waals surface area contributed by atoms with Crippen LogP contribution in [0.1, 0.15) is 23.5 Å². The molecule has 4 aromatic rings. The minimum atomic E-state index is -0.328. The first-order valence-electron chi connectivity index (χ1n) is 9.99. The third-order valence-electron chi connectivity index (χ3n) is 5.51. The zero-order valence-electron chi connectivity index (χ0n) is 16.8. The van der Waals surface area contributed by atoms with Crippen LogP contribution in [0, 0.1) is 0 Å². The van der Waals surface area contributed by atoms with Crippen molar-refractivity contribution in [2.24, 2.45) is 0 Å². The van der Waals surface area contributed by atoms with E-state index in [0.29, 0.717) is 15.8 Å². The zero-order chi connectivity index (χ0) is 22.2. The maximum atomic E-state index is 10.7. The number of hydrogen-bond acceptors (Lipinski definition) is 4. The van der Waals surface area contributed by atoms with Crippen LogP contribution in [0.25, 0.3) is 5.69 Å². The number of aromatic hydroxyl groups is 2. The van der Waals surface area contributed by atoms with E-state index in [1.807, 2.05) is 58.1 Å². The molecule has 1 saturated heterocycles. The van der Waals surface area contributed by atoms with Crippen LogP contribution in [-0.2, 0) is 0 Å². The molecule has 0 saturated carbocycles. The molecule has 32 heavy (non-hydrogen) atoms. The van der Waals surface area contributed by atoms with Gasteiger partial charge in [-0.15, -0.1) is 0 Å². The average Bonchev–Trinajstić information content (AvgIpc) is 3.41. The lowest BCUT2D eigenvalue weighted by Crippen LogP contribution is -2.30. The summed E-state index contributed by atoms with van der Waals surface area (Å²) >= 11 is 12.0. The van der Waals surface area contributed by atoms with E-state index in [9.17, 15) is 10.2 Å². The van der Waals surface area contributed by atoms with E-state index in [1.165, 1.54) is 0 Å². The third kappa shape index (κ3) is 3.55. The first-order chi connectivity index (χ1) is 15.5. The SMILES string of the molecule is Oc1ccc(-n2cccc2[C@@H]2[C@H](c3ccccn3)NC(=S)N2c2cc(Cl)ccc2O)cc1. The van der Waals surface area contributed by atoms with Crippen molar-refractivity contribution in [2.45, 2.75) is 12.1 Å². The number of benzene rings is 2. The summed E-state index contributed by atoms with van der Waals surface area (Å²) in [6, 6.07) is 21.0. The number of nitrogens with zero attached hydrogens (tertiary/aromatic N) is 3. The Labute approximate surface area is 195 Å². The van der Waals surface area contributed by atoms with E-state index < -0.39 is 0 Å². The number of thiocarbonyl (C=S) groups is 1. The smallest absolute Gasteiger partial charge is 0.174 e. The van der Waals surface area contributed by atoms with Crippen LogP contribution < -0.4 is 10.2 Å². The van der Waals surface area contributed by atoms with Crippen molar-refractivity contribution in [3.63, 3.8) is 0 Å². The Balaban J connectivity index is 1.69. The molecule has 160 valence electrons. The quantitative estimate of drug-likeness (QED) is 0.366. The maximum Gasteiger partial charge on any atom is 0.174 e. The fourth-order valence-electron chi connectivity index (χ4n) is 4.09. The van der Waals surface area contributed by atoms with Gasteiger partial charge in [0.15, 0.2) is 5.11 Å². The Kier molecular flexibility index (Phi) is 5.20. The van der Waals surface area contributed by atoms with Gasteiger partial charge in [-0.2, -0.15) is 0 Å². The van der Waals surface area contributed by atoms with Crippen molar-refractivity contribution in [2.75, 3.05) is 4.90 Å². The fraction of sp³-hybridized carbons (Fsp3) is 0.0833. The van der Waals surface area contributed by atoms with E-state index in [2.05, 4.69) is 10.3 Å². The summed E-state index contributed by atoms with van der Waals surface area (Å²) in [5.41, 5.74) is 3.15. The van der Waals surface area contributed by atoms with Crippen LogP contribution in [0.15, 0.2) is 85.2 Å². The van der Waals surface area contributed by atoms with Crippen LogP contribution >= 0.6 is 23.8 Å². The topological polar surface area (TPSA) is 73.5 Å². The van der Waals surface area contributed by atoms with Crippen LogP contribution in [-0.4, -0.2) is 24.9 Å². The number of anilines is 1. The van der Waals surface area contributed by atoms with Crippen molar-refractivity contribution in [3.05, 3.63) is 102 Å². The highest BCUT2D eigenvalue weighted by Gasteiger charge is 2.43. The van der Waals surface area contributed by atoms with Crippen molar-refractivity contribution >= 4 is 34.6 Å². The minimum absolute atomic E-state index is 0.0768. The molecule has 0 radical (unpaired) electrons. The van der Waals surface area contributed by atoms with E-state index in [1.54, 1.807) is 36.5 Å². The van der Waals surface area contributed by atoms with Gasteiger partial charge in [0.25, 0.3) is 0 Å². The molecule has 0 bridgehead atoms. The molecule has 2 aromatic heterocycles. The van der Waals surface area contributed by atoms with Crippen LogP contribution in [0.2, 0.25) is 5.02 Å². The van der Waals surface area contributed by atoms with Crippen molar-refractivity contribution in [1.82, 2.24) is 14.9 Å². The van der Waals surface area contributed by atoms with E-state index in [0.717, 1.165) is 17.1 Å². The highest BCUT2D eigenvalue weighted by atomic mass is 35.5. The summed E-state index contributed by atoms with van der Waals surface area (Å²) < 4.78 is 2.03. The van der Waals surface area contributed by atoms with Crippen LogP contribution in [0.3, 0.4) is 0 Å². The molecule has 0 spiro atoms. The minimum Gasteiger partial charge on any atom is -0.508 e. The van der Waals surface area contributed by atoms with Crippen molar-refractivity contribution < 1.29 is 10.2 Å². The summed E-state index contributed by atoms with van der Waals surface area (Å²) in [5.74, 6) is 0.274. The average molecular weight is 463 g/mol. The largest absolute Gasteiger partial charge is 0.508 e. The molecule has 0 unspecified atom stereocenters. The molecule has 8 heteroatoms. The van der Waals surface area contributed by atoms with Gasteiger partial charge in [0.2, 0.25) is 0 Å². The summed E-state index contributed by atoms with van der Waals surface area (Å²) in [5, 5.41) is 24.7. The number of aromatic nitrogens is 2. The molecule has 1 aliphatic heterocycles. The maximum absolute atomic E-state index is 10.7. The molecule has 0 amide bonds. The Bertz CT molecular complexity index is 1280. The fourth-order valence-corrected chi connectivity index (χ4v) is 4.59. The molecule has 5 rings (SSSR count). The van der Waals surface area contributed by atoms with Crippen LogP contribution in [0.5, 0.6) is 11.5 Å². The molecule has 0 aliphatic carbocycles. The molecule has 1 aliphatic rings. The molecule has 2 atom stereocenters.